The summed E-state index contributed by atoms with van der Waals surface area (Å²) in [5.41, 5.74) is 6.13. The van der Waals surface area contributed by atoms with Crippen molar-refractivity contribution < 1.29 is 8.42 Å². The highest BCUT2D eigenvalue weighted by Crippen LogP contribution is 2.29. The third kappa shape index (κ3) is 3.43. The molecule has 1 aromatic heterocycles. The topological polar surface area (TPSA) is 85.1 Å². The molecule has 3 N–H and O–H groups in total. The lowest BCUT2D eigenvalue weighted by atomic mass is 10.3. The zero-order valence-corrected chi connectivity index (χ0v) is 14.5. The van der Waals surface area contributed by atoms with Crippen molar-refractivity contribution in [3.63, 3.8) is 0 Å². The minimum atomic E-state index is -3.83. The van der Waals surface area contributed by atoms with Crippen LogP contribution in [0.25, 0.3) is 0 Å². The molecule has 0 aliphatic carbocycles. The molecule has 0 saturated carbocycles. The largest absolute Gasteiger partial charge is 0.399 e. The molecule has 106 valence electrons. The second-order valence-electron chi connectivity index (χ2n) is 3.79. The number of sulfonamides is 1. The fourth-order valence-corrected chi connectivity index (χ4v) is 4.01. The van der Waals surface area contributed by atoms with Crippen molar-refractivity contribution >= 4 is 64.9 Å². The van der Waals surface area contributed by atoms with Gasteiger partial charge in [-0.25, -0.2) is 13.4 Å². The number of aromatic nitrogens is 1. The number of nitrogens with one attached hydrogen (secondary N) is 1. The van der Waals surface area contributed by atoms with Crippen LogP contribution in [0.3, 0.4) is 0 Å². The molecule has 0 fully saturated rings. The summed E-state index contributed by atoms with van der Waals surface area (Å²) in [5.74, 6) is 0. The number of hydrogen-bond donors (Lipinski definition) is 2. The molecule has 1 aromatic carbocycles. The highest BCUT2D eigenvalue weighted by molar-refractivity contribution is 9.10. The van der Waals surface area contributed by atoms with E-state index in [1.807, 2.05) is 0 Å². The van der Waals surface area contributed by atoms with Crippen LogP contribution in [0.5, 0.6) is 0 Å². The molecule has 0 unspecified atom stereocenters. The van der Waals surface area contributed by atoms with Crippen LogP contribution in [0, 0.1) is 0 Å². The van der Waals surface area contributed by atoms with E-state index in [1.165, 1.54) is 18.3 Å². The number of rotatable bonds is 3. The second kappa shape index (κ2) is 5.88. The minimum absolute atomic E-state index is 0.0218. The lowest BCUT2D eigenvalue weighted by molar-refractivity contribution is 0.601. The Hall–Kier alpha value is -0.830. The van der Waals surface area contributed by atoms with Gasteiger partial charge in [0.05, 0.1) is 5.69 Å². The van der Waals surface area contributed by atoms with Crippen LogP contribution in [0.4, 0.5) is 11.4 Å². The molecule has 1 heterocycles. The van der Waals surface area contributed by atoms with E-state index in [4.69, 9.17) is 17.3 Å². The molecule has 0 aliphatic rings. The first-order valence-electron chi connectivity index (χ1n) is 5.18. The van der Waals surface area contributed by atoms with E-state index in [-0.39, 0.29) is 15.7 Å². The third-order valence-electron chi connectivity index (χ3n) is 2.29. The molecule has 9 heteroatoms. The maximum absolute atomic E-state index is 12.3. The Labute approximate surface area is 137 Å². The second-order valence-corrected chi connectivity index (χ2v) is 7.57. The van der Waals surface area contributed by atoms with Crippen molar-refractivity contribution in [3.05, 3.63) is 44.6 Å². The first-order valence-corrected chi connectivity index (χ1v) is 8.63. The average Bonchev–Trinajstić information content (AvgIpc) is 2.36. The molecule has 20 heavy (non-hydrogen) atoms. The summed E-state index contributed by atoms with van der Waals surface area (Å²) in [6, 6.07) is 6.03. The zero-order chi connectivity index (χ0) is 14.9. The number of nitrogens with zero attached hydrogens (tertiary/aromatic N) is 1. The smallest absolute Gasteiger partial charge is 0.263 e. The first kappa shape index (κ1) is 15.6. The molecule has 0 saturated heterocycles. The van der Waals surface area contributed by atoms with Crippen molar-refractivity contribution in [1.82, 2.24) is 4.98 Å². The Morgan fingerprint density at radius 2 is 1.95 bits per heavy atom. The normalized spacial score (nSPS) is 11.3. The van der Waals surface area contributed by atoms with Crippen LogP contribution in [-0.4, -0.2) is 13.4 Å². The van der Waals surface area contributed by atoms with E-state index >= 15 is 0 Å². The number of halogens is 3. The maximum atomic E-state index is 12.3. The number of nitrogens with two attached hydrogens (primary N) is 1. The number of benzene rings is 1. The highest BCUT2D eigenvalue weighted by Gasteiger charge is 2.19. The van der Waals surface area contributed by atoms with Crippen molar-refractivity contribution in [1.29, 1.82) is 0 Å². The Kier molecular flexibility index (Phi) is 4.58. The van der Waals surface area contributed by atoms with E-state index < -0.39 is 10.0 Å². The van der Waals surface area contributed by atoms with Crippen LogP contribution < -0.4 is 10.5 Å². The molecule has 5 nitrogen and oxygen atoms in total. The summed E-state index contributed by atoms with van der Waals surface area (Å²) < 4.78 is 28.1. The van der Waals surface area contributed by atoms with Gasteiger partial charge in [0.25, 0.3) is 10.0 Å². The Bertz CT molecular complexity index is 768. The molecule has 2 aromatic rings. The van der Waals surface area contributed by atoms with E-state index in [0.717, 1.165) is 0 Å². The van der Waals surface area contributed by atoms with Crippen molar-refractivity contribution in [2.24, 2.45) is 0 Å². The molecule has 0 radical (unpaired) electrons. The van der Waals surface area contributed by atoms with Crippen molar-refractivity contribution in [3.8, 4) is 0 Å². The molecular formula is C11H8Br2ClN3O2S. The van der Waals surface area contributed by atoms with Crippen molar-refractivity contribution in [2.75, 3.05) is 10.5 Å². The first-order chi connectivity index (χ1) is 9.29. The van der Waals surface area contributed by atoms with Crippen LogP contribution >= 0.6 is 43.5 Å². The average molecular weight is 442 g/mol. The summed E-state index contributed by atoms with van der Waals surface area (Å²) in [6.45, 7) is 0. The predicted molar refractivity (Wildman–Crippen MR) is 86.3 cm³/mol. The molecule has 0 atom stereocenters. The zero-order valence-electron chi connectivity index (χ0n) is 9.77. The van der Waals surface area contributed by atoms with Gasteiger partial charge in [0.15, 0.2) is 5.15 Å². The number of anilines is 2. The fraction of sp³-hybridized carbons (Fsp3) is 0. The lowest BCUT2D eigenvalue weighted by Crippen LogP contribution is -2.14. The van der Waals surface area contributed by atoms with E-state index in [1.54, 1.807) is 12.1 Å². The lowest BCUT2D eigenvalue weighted by Gasteiger charge is -2.11. The summed E-state index contributed by atoms with van der Waals surface area (Å²) in [4.78, 5) is 3.87. The van der Waals surface area contributed by atoms with Gasteiger partial charge in [0.1, 0.15) is 4.90 Å². The number of nitrogen functional groups attached to an aromatic ring is 1. The molecule has 0 amide bonds. The van der Waals surface area contributed by atoms with Crippen molar-refractivity contribution in [2.45, 2.75) is 4.90 Å². The van der Waals surface area contributed by atoms with E-state index in [9.17, 15) is 8.42 Å². The van der Waals surface area contributed by atoms with Crippen LogP contribution in [0.2, 0.25) is 5.15 Å². The van der Waals surface area contributed by atoms with E-state index in [0.29, 0.717) is 14.6 Å². The highest BCUT2D eigenvalue weighted by atomic mass is 79.9. The Morgan fingerprint density at radius 1 is 1.25 bits per heavy atom. The van der Waals surface area contributed by atoms with Gasteiger partial charge in [-0.1, -0.05) is 11.6 Å². The van der Waals surface area contributed by atoms with Gasteiger partial charge >= 0.3 is 0 Å². The predicted octanol–water partition coefficient (Wildman–Crippen LogP) is 3.64. The molecular weight excluding hydrogens is 433 g/mol. The van der Waals surface area contributed by atoms with Gasteiger partial charge in [-0.3, -0.25) is 4.72 Å². The Morgan fingerprint density at radius 3 is 2.65 bits per heavy atom. The van der Waals surface area contributed by atoms with Gasteiger partial charge < -0.3 is 5.73 Å². The van der Waals surface area contributed by atoms with Crippen LogP contribution in [-0.2, 0) is 10.0 Å². The monoisotopic (exact) mass is 439 g/mol. The fourth-order valence-electron chi connectivity index (χ4n) is 1.42. The van der Waals surface area contributed by atoms with Gasteiger partial charge in [-0.05, 0) is 56.1 Å². The van der Waals surface area contributed by atoms with E-state index in [2.05, 4.69) is 41.6 Å². The van der Waals surface area contributed by atoms with Gasteiger partial charge in [-0.2, -0.15) is 0 Å². The van der Waals surface area contributed by atoms with Crippen LogP contribution in [0.15, 0.2) is 44.3 Å². The number of pyridine rings is 1. The van der Waals surface area contributed by atoms with Gasteiger partial charge in [-0.15, -0.1) is 0 Å². The maximum Gasteiger partial charge on any atom is 0.263 e. The Balaban J connectivity index is 2.46. The standard InChI is InChI=1S/C11H8Br2ClN3O2S/c12-6-3-9(11(14)16-5-6)17-20(18,19)10-4-7(15)1-2-8(10)13/h1-5,17H,15H2. The summed E-state index contributed by atoms with van der Waals surface area (Å²) in [5, 5.41) is 0.0526. The summed E-state index contributed by atoms with van der Waals surface area (Å²) in [7, 11) is -3.83. The third-order valence-corrected chi connectivity index (χ3v) is 5.39. The molecule has 0 aliphatic heterocycles. The summed E-state index contributed by atoms with van der Waals surface area (Å²) >= 11 is 12.2. The minimum Gasteiger partial charge on any atom is -0.399 e. The van der Waals surface area contributed by atoms with Gasteiger partial charge in [0, 0.05) is 20.8 Å². The SMILES string of the molecule is Nc1ccc(Br)c(S(=O)(=O)Nc2cc(Br)cnc2Cl)c1. The molecule has 2 rings (SSSR count). The molecule has 0 spiro atoms. The van der Waals surface area contributed by atoms with Crippen LogP contribution in [0.1, 0.15) is 0 Å². The number of hydrogen-bond acceptors (Lipinski definition) is 4. The van der Waals surface area contributed by atoms with Gasteiger partial charge in [0.2, 0.25) is 0 Å². The quantitative estimate of drug-likeness (QED) is 0.563. The summed E-state index contributed by atoms with van der Waals surface area (Å²) in [6.07, 6.45) is 1.47. The molecule has 0 bridgehead atoms.